The first-order valence-corrected chi connectivity index (χ1v) is 5.18. The summed E-state index contributed by atoms with van der Waals surface area (Å²) in [6, 6.07) is 10.7. The van der Waals surface area contributed by atoms with E-state index in [1.807, 2.05) is 12.1 Å². The van der Waals surface area contributed by atoms with E-state index in [4.69, 9.17) is 10.5 Å². The number of primary amides is 1. The lowest BCUT2D eigenvalue weighted by Crippen LogP contribution is -2.14. The average Bonchev–Trinajstić information content (AvgIpc) is 2.38. The van der Waals surface area contributed by atoms with E-state index in [0.717, 1.165) is 5.56 Å². The van der Waals surface area contributed by atoms with E-state index < -0.39 is 5.91 Å². The number of hydrogen-bond donors (Lipinski definition) is 1. The molecule has 0 bridgehead atoms. The Balaban J connectivity index is 2.12. The standard InChI is InChI=1S/C13H12N2O2/c14-13(16)12-6-2-1-4-10(12)9-17-11-5-3-7-15-8-11/h1-8H,9H2,(H2,14,16). The van der Waals surface area contributed by atoms with Crippen LogP contribution in [0.5, 0.6) is 5.75 Å². The average molecular weight is 228 g/mol. The summed E-state index contributed by atoms with van der Waals surface area (Å²) in [5, 5.41) is 0. The number of nitrogens with zero attached hydrogens (tertiary/aromatic N) is 1. The van der Waals surface area contributed by atoms with Gasteiger partial charge in [-0.1, -0.05) is 18.2 Å². The molecule has 17 heavy (non-hydrogen) atoms. The SMILES string of the molecule is NC(=O)c1ccccc1COc1cccnc1. The largest absolute Gasteiger partial charge is 0.487 e. The Morgan fingerprint density at radius 3 is 2.76 bits per heavy atom. The van der Waals surface area contributed by atoms with Crippen LogP contribution in [0.2, 0.25) is 0 Å². The van der Waals surface area contributed by atoms with Crippen LogP contribution < -0.4 is 10.5 Å². The van der Waals surface area contributed by atoms with Gasteiger partial charge in [0.15, 0.2) is 0 Å². The third-order valence-corrected chi connectivity index (χ3v) is 2.31. The number of ether oxygens (including phenoxy) is 1. The first kappa shape index (κ1) is 11.1. The van der Waals surface area contributed by atoms with Gasteiger partial charge in [-0.3, -0.25) is 9.78 Å². The molecule has 0 spiro atoms. The number of aromatic nitrogens is 1. The molecule has 1 aromatic carbocycles. The van der Waals surface area contributed by atoms with Crippen LogP contribution in [-0.2, 0) is 6.61 Å². The van der Waals surface area contributed by atoms with Crippen LogP contribution in [0.3, 0.4) is 0 Å². The maximum Gasteiger partial charge on any atom is 0.249 e. The highest BCUT2D eigenvalue weighted by Gasteiger charge is 2.07. The van der Waals surface area contributed by atoms with Crippen LogP contribution >= 0.6 is 0 Å². The number of benzene rings is 1. The van der Waals surface area contributed by atoms with E-state index in [1.54, 1.807) is 36.7 Å². The highest BCUT2D eigenvalue weighted by molar-refractivity contribution is 5.94. The molecule has 0 atom stereocenters. The lowest BCUT2D eigenvalue weighted by Gasteiger charge is -2.08. The van der Waals surface area contributed by atoms with Crippen LogP contribution in [0.25, 0.3) is 0 Å². The van der Waals surface area contributed by atoms with Crippen LogP contribution in [0.15, 0.2) is 48.8 Å². The second-order valence-corrected chi connectivity index (χ2v) is 3.50. The molecular formula is C13H12N2O2. The van der Waals surface area contributed by atoms with Crippen molar-refractivity contribution in [3.63, 3.8) is 0 Å². The minimum absolute atomic E-state index is 0.296. The molecule has 0 aliphatic rings. The number of pyridine rings is 1. The van der Waals surface area contributed by atoms with E-state index in [-0.39, 0.29) is 0 Å². The zero-order valence-corrected chi connectivity index (χ0v) is 9.17. The Labute approximate surface area is 99.1 Å². The Morgan fingerprint density at radius 1 is 1.24 bits per heavy atom. The van der Waals surface area contributed by atoms with Gasteiger partial charge in [-0.15, -0.1) is 0 Å². The summed E-state index contributed by atoms with van der Waals surface area (Å²) in [7, 11) is 0. The molecule has 0 unspecified atom stereocenters. The highest BCUT2D eigenvalue weighted by atomic mass is 16.5. The fourth-order valence-electron chi connectivity index (χ4n) is 1.48. The number of rotatable bonds is 4. The molecule has 4 nitrogen and oxygen atoms in total. The smallest absolute Gasteiger partial charge is 0.249 e. The van der Waals surface area contributed by atoms with E-state index in [0.29, 0.717) is 17.9 Å². The van der Waals surface area contributed by atoms with Crippen LogP contribution in [0.4, 0.5) is 0 Å². The number of carbonyl (C=O) groups excluding carboxylic acids is 1. The van der Waals surface area contributed by atoms with Crippen molar-refractivity contribution in [3.05, 3.63) is 59.9 Å². The third kappa shape index (κ3) is 2.81. The molecule has 86 valence electrons. The van der Waals surface area contributed by atoms with Crippen molar-refractivity contribution < 1.29 is 9.53 Å². The van der Waals surface area contributed by atoms with Crippen molar-refractivity contribution >= 4 is 5.91 Å². The first-order valence-electron chi connectivity index (χ1n) is 5.18. The topological polar surface area (TPSA) is 65.2 Å². The Kier molecular flexibility index (Phi) is 3.35. The van der Waals surface area contributed by atoms with Gasteiger partial charge in [-0.05, 0) is 18.2 Å². The second-order valence-electron chi connectivity index (χ2n) is 3.50. The van der Waals surface area contributed by atoms with Gasteiger partial charge in [-0.2, -0.15) is 0 Å². The first-order chi connectivity index (χ1) is 8.27. The minimum Gasteiger partial charge on any atom is -0.487 e. The molecule has 0 saturated carbocycles. The van der Waals surface area contributed by atoms with Gasteiger partial charge in [0.05, 0.1) is 6.20 Å². The zero-order chi connectivity index (χ0) is 12.1. The molecule has 0 fully saturated rings. The molecule has 1 heterocycles. The van der Waals surface area contributed by atoms with E-state index in [9.17, 15) is 4.79 Å². The Hall–Kier alpha value is -2.36. The fourth-order valence-corrected chi connectivity index (χ4v) is 1.48. The fraction of sp³-hybridized carbons (Fsp3) is 0.0769. The van der Waals surface area contributed by atoms with Gasteiger partial charge < -0.3 is 10.5 Å². The minimum atomic E-state index is -0.449. The molecule has 2 aromatic rings. The van der Waals surface area contributed by atoms with Crippen LogP contribution in [0, 0.1) is 0 Å². The molecule has 4 heteroatoms. The van der Waals surface area contributed by atoms with E-state index >= 15 is 0 Å². The van der Waals surface area contributed by atoms with Gasteiger partial charge in [0.1, 0.15) is 12.4 Å². The molecule has 2 N–H and O–H groups in total. The van der Waals surface area contributed by atoms with Crippen molar-refractivity contribution in [2.75, 3.05) is 0 Å². The quantitative estimate of drug-likeness (QED) is 0.867. The summed E-state index contributed by atoms with van der Waals surface area (Å²) in [6.07, 6.45) is 3.29. The predicted octanol–water partition coefficient (Wildman–Crippen LogP) is 1.76. The van der Waals surface area contributed by atoms with Crippen molar-refractivity contribution in [1.29, 1.82) is 0 Å². The number of hydrogen-bond acceptors (Lipinski definition) is 3. The zero-order valence-electron chi connectivity index (χ0n) is 9.17. The molecule has 1 aromatic heterocycles. The number of carbonyl (C=O) groups is 1. The van der Waals surface area contributed by atoms with E-state index in [1.165, 1.54) is 0 Å². The van der Waals surface area contributed by atoms with Crippen molar-refractivity contribution in [3.8, 4) is 5.75 Å². The molecular weight excluding hydrogens is 216 g/mol. The summed E-state index contributed by atoms with van der Waals surface area (Å²) in [6.45, 7) is 0.296. The normalized spacial score (nSPS) is 9.88. The van der Waals surface area contributed by atoms with Crippen LogP contribution in [0.1, 0.15) is 15.9 Å². The summed E-state index contributed by atoms with van der Waals surface area (Å²) in [5.41, 5.74) is 6.53. The monoisotopic (exact) mass is 228 g/mol. The summed E-state index contributed by atoms with van der Waals surface area (Å²) >= 11 is 0. The molecule has 2 rings (SSSR count). The highest BCUT2D eigenvalue weighted by Crippen LogP contribution is 2.13. The van der Waals surface area contributed by atoms with Gasteiger partial charge in [0.2, 0.25) is 5.91 Å². The summed E-state index contributed by atoms with van der Waals surface area (Å²) in [5.74, 6) is 0.210. The van der Waals surface area contributed by atoms with Gasteiger partial charge >= 0.3 is 0 Å². The Morgan fingerprint density at radius 2 is 2.06 bits per heavy atom. The number of amides is 1. The van der Waals surface area contributed by atoms with E-state index in [2.05, 4.69) is 4.98 Å². The summed E-state index contributed by atoms with van der Waals surface area (Å²) in [4.78, 5) is 15.1. The molecule has 0 saturated heterocycles. The Bertz CT molecular complexity index is 512. The molecule has 0 aliphatic heterocycles. The molecule has 1 amide bonds. The van der Waals surface area contributed by atoms with Gasteiger partial charge in [0.25, 0.3) is 0 Å². The van der Waals surface area contributed by atoms with Crippen molar-refractivity contribution in [2.24, 2.45) is 5.73 Å². The maximum atomic E-state index is 11.2. The van der Waals surface area contributed by atoms with Crippen LogP contribution in [-0.4, -0.2) is 10.9 Å². The van der Waals surface area contributed by atoms with Crippen molar-refractivity contribution in [1.82, 2.24) is 4.98 Å². The molecule has 0 radical (unpaired) electrons. The third-order valence-electron chi connectivity index (χ3n) is 2.31. The predicted molar refractivity (Wildman–Crippen MR) is 63.5 cm³/mol. The summed E-state index contributed by atoms with van der Waals surface area (Å²) < 4.78 is 5.51. The second kappa shape index (κ2) is 5.12. The van der Waals surface area contributed by atoms with Gasteiger partial charge in [0, 0.05) is 17.3 Å². The lowest BCUT2D eigenvalue weighted by molar-refractivity contribution is 0.0998. The van der Waals surface area contributed by atoms with Gasteiger partial charge in [-0.25, -0.2) is 0 Å². The lowest BCUT2D eigenvalue weighted by atomic mass is 10.1. The number of nitrogens with two attached hydrogens (primary N) is 1. The molecule has 0 aliphatic carbocycles. The van der Waals surface area contributed by atoms with Crippen molar-refractivity contribution in [2.45, 2.75) is 6.61 Å². The maximum absolute atomic E-state index is 11.2.